The lowest BCUT2D eigenvalue weighted by molar-refractivity contribution is -0.143. The SMILES string of the molecule is CCOC(=O)CCCCCCNC(=NC)NCc1ccccc1OC(F)F. The number of para-hydroxylation sites is 1. The molecule has 1 aromatic rings. The molecular weight excluding hydrogens is 356 g/mol. The minimum Gasteiger partial charge on any atom is -0.466 e. The first-order chi connectivity index (χ1) is 13.1. The van der Waals surface area contributed by atoms with Gasteiger partial charge in [0.15, 0.2) is 5.96 Å². The number of nitrogens with one attached hydrogen (secondary N) is 2. The van der Waals surface area contributed by atoms with Crippen molar-refractivity contribution in [3.8, 4) is 5.75 Å². The molecule has 6 nitrogen and oxygen atoms in total. The van der Waals surface area contributed by atoms with E-state index in [0.29, 0.717) is 31.1 Å². The minimum atomic E-state index is -2.85. The van der Waals surface area contributed by atoms with E-state index >= 15 is 0 Å². The molecule has 1 aromatic carbocycles. The number of guanidine groups is 1. The highest BCUT2D eigenvalue weighted by Crippen LogP contribution is 2.19. The van der Waals surface area contributed by atoms with Crippen LogP contribution in [0.3, 0.4) is 0 Å². The van der Waals surface area contributed by atoms with E-state index in [-0.39, 0.29) is 11.7 Å². The molecule has 27 heavy (non-hydrogen) atoms. The lowest BCUT2D eigenvalue weighted by atomic mass is 10.1. The topological polar surface area (TPSA) is 72.0 Å². The van der Waals surface area contributed by atoms with Gasteiger partial charge in [-0.15, -0.1) is 0 Å². The smallest absolute Gasteiger partial charge is 0.387 e. The molecule has 0 radical (unpaired) electrons. The summed E-state index contributed by atoms with van der Waals surface area (Å²) < 4.78 is 34.3. The van der Waals surface area contributed by atoms with Crippen molar-refractivity contribution in [2.24, 2.45) is 4.99 Å². The van der Waals surface area contributed by atoms with Crippen molar-refractivity contribution in [1.82, 2.24) is 10.6 Å². The zero-order chi connectivity index (χ0) is 19.9. The maximum Gasteiger partial charge on any atom is 0.387 e. The molecule has 8 heteroatoms. The highest BCUT2D eigenvalue weighted by Gasteiger charge is 2.09. The average molecular weight is 385 g/mol. The molecule has 2 N–H and O–H groups in total. The predicted octanol–water partition coefficient (Wildman–Crippen LogP) is 3.47. The number of halogens is 2. The number of esters is 1. The van der Waals surface area contributed by atoms with Crippen LogP contribution in [0, 0.1) is 0 Å². The lowest BCUT2D eigenvalue weighted by Crippen LogP contribution is -2.37. The zero-order valence-electron chi connectivity index (χ0n) is 16.0. The van der Waals surface area contributed by atoms with Crippen molar-refractivity contribution in [3.63, 3.8) is 0 Å². The number of aliphatic imine (C=N–C) groups is 1. The molecular formula is C19H29F2N3O3. The first kappa shape index (κ1) is 22.7. The second-order valence-corrected chi connectivity index (χ2v) is 5.81. The number of carbonyl (C=O) groups excluding carboxylic acids is 1. The molecule has 0 amide bonds. The number of alkyl halides is 2. The second-order valence-electron chi connectivity index (χ2n) is 5.81. The predicted molar refractivity (Wildman–Crippen MR) is 101 cm³/mol. The quantitative estimate of drug-likeness (QED) is 0.250. The van der Waals surface area contributed by atoms with Crippen LogP contribution < -0.4 is 15.4 Å². The third kappa shape index (κ3) is 10.4. The molecule has 0 aromatic heterocycles. The number of ether oxygens (including phenoxy) is 2. The average Bonchev–Trinajstić information content (AvgIpc) is 2.64. The number of unbranched alkanes of at least 4 members (excludes halogenated alkanes) is 3. The van der Waals surface area contributed by atoms with Crippen molar-refractivity contribution < 1.29 is 23.0 Å². The summed E-state index contributed by atoms with van der Waals surface area (Å²) in [5, 5.41) is 6.26. The molecule has 0 unspecified atom stereocenters. The summed E-state index contributed by atoms with van der Waals surface area (Å²) in [6.45, 7) is 0.422. The monoisotopic (exact) mass is 385 g/mol. The molecule has 1 rings (SSSR count). The van der Waals surface area contributed by atoms with Gasteiger partial charge in [-0.2, -0.15) is 8.78 Å². The second kappa shape index (κ2) is 13.8. The Kier molecular flexibility index (Phi) is 11.6. The molecule has 0 saturated heterocycles. The van der Waals surface area contributed by atoms with E-state index in [1.807, 2.05) is 0 Å². The van der Waals surface area contributed by atoms with Crippen LogP contribution in [-0.4, -0.2) is 38.7 Å². The zero-order valence-corrected chi connectivity index (χ0v) is 16.0. The summed E-state index contributed by atoms with van der Waals surface area (Å²) in [6, 6.07) is 6.65. The van der Waals surface area contributed by atoms with E-state index in [0.717, 1.165) is 32.2 Å². The van der Waals surface area contributed by atoms with Crippen LogP contribution in [0.15, 0.2) is 29.3 Å². The van der Waals surface area contributed by atoms with Crippen molar-refractivity contribution >= 4 is 11.9 Å². The number of hydrogen-bond acceptors (Lipinski definition) is 4. The van der Waals surface area contributed by atoms with Crippen molar-refractivity contribution in [3.05, 3.63) is 29.8 Å². The van der Waals surface area contributed by atoms with Crippen LogP contribution in [0.2, 0.25) is 0 Å². The lowest BCUT2D eigenvalue weighted by Gasteiger charge is -2.14. The Morgan fingerprint density at radius 2 is 1.89 bits per heavy atom. The number of benzene rings is 1. The van der Waals surface area contributed by atoms with Gasteiger partial charge in [0.2, 0.25) is 0 Å². The Labute approximate surface area is 159 Å². The Morgan fingerprint density at radius 1 is 1.15 bits per heavy atom. The Bertz CT molecular complexity index is 583. The van der Waals surface area contributed by atoms with Crippen LogP contribution in [0.4, 0.5) is 8.78 Å². The molecule has 0 aliphatic rings. The van der Waals surface area contributed by atoms with E-state index in [4.69, 9.17) is 4.74 Å². The van der Waals surface area contributed by atoms with Gasteiger partial charge in [0.1, 0.15) is 5.75 Å². The molecule has 0 spiro atoms. The summed E-state index contributed by atoms with van der Waals surface area (Å²) in [4.78, 5) is 15.3. The largest absolute Gasteiger partial charge is 0.466 e. The summed E-state index contributed by atoms with van der Waals surface area (Å²) in [5.74, 6) is 0.599. The third-order valence-corrected chi connectivity index (χ3v) is 3.76. The first-order valence-corrected chi connectivity index (χ1v) is 9.19. The Balaban J connectivity index is 2.23. The van der Waals surface area contributed by atoms with Crippen LogP contribution in [0.1, 0.15) is 44.6 Å². The summed E-state index contributed by atoms with van der Waals surface area (Å²) >= 11 is 0. The highest BCUT2D eigenvalue weighted by atomic mass is 19.3. The van der Waals surface area contributed by atoms with Crippen LogP contribution in [-0.2, 0) is 16.1 Å². The Morgan fingerprint density at radius 3 is 2.59 bits per heavy atom. The fourth-order valence-corrected chi connectivity index (χ4v) is 2.45. The number of nitrogens with zero attached hydrogens (tertiary/aromatic N) is 1. The molecule has 152 valence electrons. The molecule has 0 aliphatic carbocycles. The molecule has 0 bridgehead atoms. The Hall–Kier alpha value is -2.38. The van der Waals surface area contributed by atoms with Crippen LogP contribution >= 0.6 is 0 Å². The fourth-order valence-electron chi connectivity index (χ4n) is 2.45. The minimum absolute atomic E-state index is 0.142. The van der Waals surface area contributed by atoms with Gasteiger partial charge < -0.3 is 20.1 Å². The maximum absolute atomic E-state index is 12.4. The van der Waals surface area contributed by atoms with Gasteiger partial charge in [-0.05, 0) is 25.8 Å². The van der Waals surface area contributed by atoms with Gasteiger partial charge in [0, 0.05) is 32.1 Å². The first-order valence-electron chi connectivity index (χ1n) is 9.19. The van der Waals surface area contributed by atoms with E-state index in [2.05, 4.69) is 20.4 Å². The standard InChI is InChI=1S/C19H29F2N3O3/c1-3-26-17(25)12-6-4-5-9-13-23-19(22-2)24-14-15-10-7-8-11-16(15)27-18(20)21/h7-8,10-11,18H,3-6,9,12-14H2,1-2H3,(H2,22,23,24). The molecule has 0 atom stereocenters. The van der Waals surface area contributed by atoms with Gasteiger partial charge in [-0.25, -0.2) is 0 Å². The molecule has 0 aliphatic heterocycles. The highest BCUT2D eigenvalue weighted by molar-refractivity contribution is 5.79. The fraction of sp³-hybridized carbons (Fsp3) is 0.579. The summed E-state index contributed by atoms with van der Waals surface area (Å²) in [6.07, 6.45) is 4.19. The van der Waals surface area contributed by atoms with Crippen molar-refractivity contribution in [1.29, 1.82) is 0 Å². The maximum atomic E-state index is 12.4. The number of rotatable bonds is 12. The van der Waals surface area contributed by atoms with Crippen LogP contribution in [0.25, 0.3) is 0 Å². The van der Waals surface area contributed by atoms with Crippen molar-refractivity contribution in [2.75, 3.05) is 20.2 Å². The van der Waals surface area contributed by atoms with E-state index < -0.39 is 6.61 Å². The number of carbonyl (C=O) groups is 1. The third-order valence-electron chi connectivity index (χ3n) is 3.76. The van der Waals surface area contributed by atoms with Crippen molar-refractivity contribution in [2.45, 2.75) is 52.2 Å². The summed E-state index contributed by atoms with van der Waals surface area (Å²) in [5.41, 5.74) is 0.625. The van der Waals surface area contributed by atoms with E-state index in [9.17, 15) is 13.6 Å². The molecule has 0 fully saturated rings. The van der Waals surface area contributed by atoms with Gasteiger partial charge in [0.25, 0.3) is 0 Å². The van der Waals surface area contributed by atoms with Gasteiger partial charge in [-0.3, -0.25) is 9.79 Å². The normalized spacial score (nSPS) is 11.4. The van der Waals surface area contributed by atoms with E-state index in [1.54, 1.807) is 32.2 Å². The molecule has 0 saturated carbocycles. The van der Waals surface area contributed by atoms with Gasteiger partial charge in [-0.1, -0.05) is 31.0 Å². The molecule has 0 heterocycles. The summed E-state index contributed by atoms with van der Waals surface area (Å²) in [7, 11) is 1.65. The van der Waals surface area contributed by atoms with Gasteiger partial charge >= 0.3 is 12.6 Å². The van der Waals surface area contributed by atoms with Crippen LogP contribution in [0.5, 0.6) is 5.75 Å². The van der Waals surface area contributed by atoms with E-state index in [1.165, 1.54) is 6.07 Å². The van der Waals surface area contributed by atoms with Gasteiger partial charge in [0.05, 0.1) is 6.61 Å². The number of hydrogen-bond donors (Lipinski definition) is 2.